The molecule has 2 amide bonds. The molecule has 1 heterocycles. The van der Waals surface area contributed by atoms with Crippen molar-refractivity contribution in [3.05, 3.63) is 23.2 Å². The van der Waals surface area contributed by atoms with Crippen LogP contribution in [0.2, 0.25) is 5.02 Å². The monoisotopic (exact) mass is 281 g/mol. The summed E-state index contributed by atoms with van der Waals surface area (Å²) in [4.78, 5) is 25.9. The molecule has 0 saturated carbocycles. The molecule has 1 aromatic rings. The van der Waals surface area contributed by atoms with E-state index < -0.39 is 0 Å². The lowest BCUT2D eigenvalue weighted by Crippen LogP contribution is -2.48. The maximum atomic E-state index is 11.3. The van der Waals surface area contributed by atoms with E-state index in [4.69, 9.17) is 11.6 Å². The van der Waals surface area contributed by atoms with Gasteiger partial charge in [-0.15, -0.1) is 0 Å². The Hall–Kier alpha value is -1.75. The van der Waals surface area contributed by atoms with Gasteiger partial charge in [0.25, 0.3) is 0 Å². The number of amides is 2. The smallest absolute Gasteiger partial charge is 0.219 e. The maximum absolute atomic E-state index is 11.3. The molecule has 2 rings (SSSR count). The van der Waals surface area contributed by atoms with Crippen molar-refractivity contribution >= 4 is 35.3 Å². The average molecular weight is 282 g/mol. The Kier molecular flexibility index (Phi) is 4.27. The van der Waals surface area contributed by atoms with Crippen LogP contribution in [-0.2, 0) is 9.59 Å². The predicted molar refractivity (Wildman–Crippen MR) is 75.6 cm³/mol. The molecule has 6 heteroatoms. The van der Waals surface area contributed by atoms with Crippen LogP contribution in [0.5, 0.6) is 0 Å². The molecule has 0 atom stereocenters. The fourth-order valence-electron chi connectivity index (χ4n) is 2.23. The third-order valence-electron chi connectivity index (χ3n) is 3.24. The van der Waals surface area contributed by atoms with Crippen molar-refractivity contribution in [1.82, 2.24) is 4.90 Å². The summed E-state index contributed by atoms with van der Waals surface area (Å²) >= 11 is 5.93. The molecule has 0 unspecified atom stereocenters. The van der Waals surface area contributed by atoms with E-state index in [0.717, 1.165) is 18.8 Å². The van der Waals surface area contributed by atoms with Gasteiger partial charge >= 0.3 is 0 Å². The normalized spacial score (nSPS) is 15.3. The summed E-state index contributed by atoms with van der Waals surface area (Å²) < 4.78 is 0. The Labute approximate surface area is 117 Å². The molecular weight excluding hydrogens is 266 g/mol. The Balaban J connectivity index is 2.14. The van der Waals surface area contributed by atoms with Gasteiger partial charge < -0.3 is 15.1 Å². The van der Waals surface area contributed by atoms with E-state index in [1.807, 2.05) is 11.0 Å². The molecule has 1 aliphatic heterocycles. The van der Waals surface area contributed by atoms with Crippen molar-refractivity contribution in [3.8, 4) is 0 Å². The summed E-state index contributed by atoms with van der Waals surface area (Å²) in [6, 6.07) is 5.41. The van der Waals surface area contributed by atoms with Crippen molar-refractivity contribution in [2.24, 2.45) is 0 Å². The van der Waals surface area contributed by atoms with Crippen LogP contribution < -0.4 is 10.2 Å². The van der Waals surface area contributed by atoms with Gasteiger partial charge in [-0.05, 0) is 18.2 Å². The number of rotatable bonds is 3. The van der Waals surface area contributed by atoms with Gasteiger partial charge in [0.15, 0.2) is 0 Å². The van der Waals surface area contributed by atoms with Gasteiger partial charge in [-0.2, -0.15) is 0 Å². The van der Waals surface area contributed by atoms with Crippen molar-refractivity contribution in [3.63, 3.8) is 0 Å². The van der Waals surface area contributed by atoms with Gasteiger partial charge in [0.2, 0.25) is 12.3 Å². The van der Waals surface area contributed by atoms with Crippen LogP contribution in [0.3, 0.4) is 0 Å². The van der Waals surface area contributed by atoms with E-state index in [2.05, 4.69) is 10.2 Å². The molecule has 1 saturated heterocycles. The lowest BCUT2D eigenvalue weighted by atomic mass is 10.2. The topological polar surface area (TPSA) is 52.7 Å². The fourth-order valence-corrected chi connectivity index (χ4v) is 2.40. The molecule has 1 N–H and O–H groups in total. The quantitative estimate of drug-likeness (QED) is 0.856. The minimum Gasteiger partial charge on any atom is -0.366 e. The standard InChI is InChI=1S/C13H16ClN3O2/c1-10(19)16-4-6-17(7-5-16)13-3-2-11(14)8-12(13)15-9-18/h2-3,8-9H,4-7H2,1H3,(H,15,18). The SMILES string of the molecule is CC(=O)N1CCN(c2ccc(Cl)cc2NC=O)CC1. The van der Waals surface area contributed by atoms with Gasteiger partial charge in [0.05, 0.1) is 11.4 Å². The molecule has 19 heavy (non-hydrogen) atoms. The molecule has 1 fully saturated rings. The highest BCUT2D eigenvalue weighted by atomic mass is 35.5. The number of anilines is 2. The first-order chi connectivity index (χ1) is 9.11. The van der Waals surface area contributed by atoms with Crippen molar-refractivity contribution in [2.45, 2.75) is 6.92 Å². The third kappa shape index (κ3) is 3.17. The maximum Gasteiger partial charge on any atom is 0.219 e. The molecule has 1 aromatic carbocycles. The fraction of sp³-hybridized carbons (Fsp3) is 0.385. The van der Waals surface area contributed by atoms with Gasteiger partial charge in [0.1, 0.15) is 0 Å². The number of carbonyl (C=O) groups excluding carboxylic acids is 2. The Morgan fingerprint density at radius 3 is 2.58 bits per heavy atom. The number of nitrogens with zero attached hydrogens (tertiary/aromatic N) is 2. The van der Waals surface area contributed by atoms with E-state index in [1.54, 1.807) is 19.1 Å². The van der Waals surface area contributed by atoms with E-state index in [1.165, 1.54) is 0 Å². The zero-order valence-corrected chi connectivity index (χ0v) is 11.5. The molecule has 0 aliphatic carbocycles. The summed E-state index contributed by atoms with van der Waals surface area (Å²) in [5.74, 6) is 0.0991. The van der Waals surface area contributed by atoms with Crippen molar-refractivity contribution in [1.29, 1.82) is 0 Å². The first kappa shape index (κ1) is 13.7. The number of piperazine rings is 1. The van der Waals surface area contributed by atoms with Crippen LogP contribution in [-0.4, -0.2) is 43.4 Å². The third-order valence-corrected chi connectivity index (χ3v) is 3.47. The number of nitrogens with one attached hydrogen (secondary N) is 1. The number of carbonyl (C=O) groups is 2. The number of benzene rings is 1. The molecular formula is C13H16ClN3O2. The van der Waals surface area contributed by atoms with Crippen LogP contribution in [0.15, 0.2) is 18.2 Å². The largest absolute Gasteiger partial charge is 0.366 e. The van der Waals surface area contributed by atoms with Gasteiger partial charge in [0, 0.05) is 38.1 Å². The second kappa shape index (κ2) is 5.93. The van der Waals surface area contributed by atoms with E-state index in [9.17, 15) is 9.59 Å². The molecule has 0 spiro atoms. The van der Waals surface area contributed by atoms with E-state index >= 15 is 0 Å². The second-order valence-corrected chi connectivity index (χ2v) is 4.85. The summed E-state index contributed by atoms with van der Waals surface area (Å²) in [7, 11) is 0. The second-order valence-electron chi connectivity index (χ2n) is 4.42. The van der Waals surface area contributed by atoms with Crippen LogP contribution in [0.25, 0.3) is 0 Å². The van der Waals surface area contributed by atoms with Gasteiger partial charge in [-0.1, -0.05) is 11.6 Å². The highest BCUT2D eigenvalue weighted by Crippen LogP contribution is 2.29. The predicted octanol–water partition coefficient (Wildman–Crippen LogP) is 1.58. The summed E-state index contributed by atoms with van der Waals surface area (Å²) in [5, 5.41) is 3.24. The molecule has 0 radical (unpaired) electrons. The number of hydrogen-bond acceptors (Lipinski definition) is 3. The van der Waals surface area contributed by atoms with Crippen LogP contribution in [0.1, 0.15) is 6.92 Å². The molecule has 5 nitrogen and oxygen atoms in total. The summed E-state index contributed by atoms with van der Waals surface area (Å²) in [6.07, 6.45) is 0.640. The summed E-state index contributed by atoms with van der Waals surface area (Å²) in [5.41, 5.74) is 1.62. The summed E-state index contributed by atoms with van der Waals surface area (Å²) in [6.45, 7) is 4.46. The van der Waals surface area contributed by atoms with Crippen molar-refractivity contribution in [2.75, 3.05) is 36.4 Å². The van der Waals surface area contributed by atoms with Crippen LogP contribution in [0.4, 0.5) is 11.4 Å². The highest BCUT2D eigenvalue weighted by molar-refractivity contribution is 6.31. The highest BCUT2D eigenvalue weighted by Gasteiger charge is 2.20. The Bertz CT molecular complexity index is 485. The zero-order valence-electron chi connectivity index (χ0n) is 10.7. The molecule has 0 aromatic heterocycles. The van der Waals surface area contributed by atoms with Gasteiger partial charge in [-0.25, -0.2) is 0 Å². The lowest BCUT2D eigenvalue weighted by molar-refractivity contribution is -0.129. The molecule has 0 bridgehead atoms. The van der Waals surface area contributed by atoms with Crippen LogP contribution >= 0.6 is 11.6 Å². The average Bonchev–Trinajstić information content (AvgIpc) is 2.39. The van der Waals surface area contributed by atoms with E-state index in [-0.39, 0.29) is 5.91 Å². The van der Waals surface area contributed by atoms with Crippen LogP contribution in [0, 0.1) is 0 Å². The minimum atomic E-state index is 0.0991. The zero-order chi connectivity index (χ0) is 13.8. The first-order valence-corrected chi connectivity index (χ1v) is 6.50. The first-order valence-electron chi connectivity index (χ1n) is 6.12. The van der Waals surface area contributed by atoms with E-state index in [0.29, 0.717) is 30.2 Å². The number of halogens is 1. The minimum absolute atomic E-state index is 0.0991. The Morgan fingerprint density at radius 1 is 1.32 bits per heavy atom. The lowest BCUT2D eigenvalue weighted by Gasteiger charge is -2.36. The number of hydrogen-bond donors (Lipinski definition) is 1. The van der Waals surface area contributed by atoms with Gasteiger partial charge in [-0.3, -0.25) is 9.59 Å². The molecule has 1 aliphatic rings. The Morgan fingerprint density at radius 2 is 2.00 bits per heavy atom. The molecule has 102 valence electrons. The van der Waals surface area contributed by atoms with Crippen molar-refractivity contribution < 1.29 is 9.59 Å².